The van der Waals surface area contributed by atoms with E-state index in [4.69, 9.17) is 31.6 Å². The van der Waals surface area contributed by atoms with Gasteiger partial charge >= 0.3 is 0 Å². The van der Waals surface area contributed by atoms with Gasteiger partial charge in [-0.25, -0.2) is 0 Å². The van der Waals surface area contributed by atoms with Gasteiger partial charge in [-0.05, 0) is 12.1 Å². The number of carbonyl (C=O) groups is 1. The molecule has 0 aliphatic rings. The molecule has 1 amide bonds. The summed E-state index contributed by atoms with van der Waals surface area (Å²) in [7, 11) is 1.43. The molecule has 0 bridgehead atoms. The average Bonchev–Trinajstić information content (AvgIpc) is 2.45. The SMILES string of the molecule is COc1cc(N/N=C(\C#N)C(=N)N)ccc1OCC(N)=O. The normalized spacial score (nSPS) is 10.4. The van der Waals surface area contributed by atoms with Crippen LogP contribution in [0.5, 0.6) is 11.5 Å². The summed E-state index contributed by atoms with van der Waals surface area (Å²) >= 11 is 0. The van der Waals surface area contributed by atoms with Crippen molar-refractivity contribution in [1.29, 1.82) is 10.7 Å². The number of anilines is 1. The highest BCUT2D eigenvalue weighted by Gasteiger charge is 2.07. The number of amides is 1. The fraction of sp³-hybridized carbons (Fsp3) is 0.167. The number of amidine groups is 1. The number of rotatable bonds is 7. The van der Waals surface area contributed by atoms with Crippen molar-refractivity contribution in [3.63, 3.8) is 0 Å². The first kappa shape index (κ1) is 15.8. The zero-order valence-electron chi connectivity index (χ0n) is 11.2. The van der Waals surface area contributed by atoms with Gasteiger partial charge in [0, 0.05) is 6.07 Å². The quantitative estimate of drug-likeness (QED) is 0.308. The standard InChI is InChI=1S/C12H14N6O3/c1-20-10-4-7(17-18-8(5-13)12(15)16)2-3-9(10)21-6-11(14)19/h2-4,17H,6H2,1H3,(H2,14,19)(H3,15,16)/b18-8+. The molecule has 0 fully saturated rings. The topological polar surface area (TPSA) is 160 Å². The molecule has 1 aromatic carbocycles. The largest absolute Gasteiger partial charge is 0.493 e. The fourth-order valence-corrected chi connectivity index (χ4v) is 1.27. The molecule has 1 rings (SSSR count). The molecule has 0 aromatic heterocycles. The van der Waals surface area contributed by atoms with Gasteiger partial charge in [0.1, 0.15) is 6.07 Å². The van der Waals surface area contributed by atoms with E-state index in [9.17, 15) is 4.79 Å². The molecule has 0 spiro atoms. The van der Waals surface area contributed by atoms with Crippen LogP contribution in [0.4, 0.5) is 5.69 Å². The number of nitrogens with one attached hydrogen (secondary N) is 2. The Kier molecular flexibility index (Phi) is 5.52. The van der Waals surface area contributed by atoms with Crippen molar-refractivity contribution in [2.45, 2.75) is 0 Å². The van der Waals surface area contributed by atoms with E-state index in [-0.39, 0.29) is 12.3 Å². The monoisotopic (exact) mass is 290 g/mol. The van der Waals surface area contributed by atoms with Gasteiger partial charge in [0.05, 0.1) is 12.8 Å². The molecule has 1 aromatic rings. The Morgan fingerprint density at radius 2 is 2.19 bits per heavy atom. The van der Waals surface area contributed by atoms with Crippen molar-refractivity contribution in [2.75, 3.05) is 19.1 Å². The predicted octanol–water partition coefficient (Wildman–Crippen LogP) is -0.213. The van der Waals surface area contributed by atoms with Crippen molar-refractivity contribution in [3.8, 4) is 17.6 Å². The fourth-order valence-electron chi connectivity index (χ4n) is 1.27. The van der Waals surface area contributed by atoms with E-state index in [0.717, 1.165) is 0 Å². The highest BCUT2D eigenvalue weighted by Crippen LogP contribution is 2.30. The Labute approximate surface area is 120 Å². The van der Waals surface area contributed by atoms with E-state index in [1.807, 2.05) is 0 Å². The van der Waals surface area contributed by atoms with Crippen LogP contribution in [0.25, 0.3) is 0 Å². The van der Waals surface area contributed by atoms with Gasteiger partial charge in [0.25, 0.3) is 5.91 Å². The number of ether oxygens (including phenoxy) is 2. The lowest BCUT2D eigenvalue weighted by atomic mass is 10.3. The number of nitrogens with two attached hydrogens (primary N) is 2. The summed E-state index contributed by atoms with van der Waals surface area (Å²) < 4.78 is 10.3. The Bertz CT molecular complexity index is 620. The summed E-state index contributed by atoms with van der Waals surface area (Å²) in [6, 6.07) is 6.33. The van der Waals surface area contributed by atoms with Crippen LogP contribution in [0.15, 0.2) is 23.3 Å². The molecule has 0 unspecified atom stereocenters. The zero-order chi connectivity index (χ0) is 15.8. The number of hydrazone groups is 1. The smallest absolute Gasteiger partial charge is 0.255 e. The summed E-state index contributed by atoms with van der Waals surface area (Å²) in [4.78, 5) is 10.7. The molecule has 0 radical (unpaired) electrons. The molecule has 0 aliphatic carbocycles. The maximum absolute atomic E-state index is 10.7. The number of methoxy groups -OCH3 is 1. The summed E-state index contributed by atoms with van der Waals surface area (Å²) in [5.74, 6) is -0.377. The lowest BCUT2D eigenvalue weighted by molar-refractivity contribution is -0.119. The third-order valence-electron chi connectivity index (χ3n) is 2.19. The Morgan fingerprint density at radius 1 is 1.48 bits per heavy atom. The second kappa shape index (κ2) is 7.34. The summed E-state index contributed by atoms with van der Waals surface area (Å²) in [6.45, 7) is -0.274. The van der Waals surface area contributed by atoms with E-state index >= 15 is 0 Å². The molecule has 0 atom stereocenters. The molecule has 0 aliphatic heterocycles. The van der Waals surface area contributed by atoms with Crippen LogP contribution in [-0.2, 0) is 4.79 Å². The van der Waals surface area contributed by atoms with E-state index in [1.54, 1.807) is 18.2 Å². The zero-order valence-corrected chi connectivity index (χ0v) is 11.2. The van der Waals surface area contributed by atoms with Crippen LogP contribution < -0.4 is 26.4 Å². The Hall–Kier alpha value is -3.28. The van der Waals surface area contributed by atoms with E-state index < -0.39 is 11.7 Å². The van der Waals surface area contributed by atoms with Crippen LogP contribution in [0.3, 0.4) is 0 Å². The number of hydrogen-bond acceptors (Lipinski definition) is 7. The summed E-state index contributed by atoms with van der Waals surface area (Å²) in [6.07, 6.45) is 0. The minimum Gasteiger partial charge on any atom is -0.493 e. The lowest BCUT2D eigenvalue weighted by Crippen LogP contribution is -2.21. The van der Waals surface area contributed by atoms with Gasteiger partial charge in [-0.15, -0.1) is 0 Å². The number of primary amides is 1. The first-order valence-corrected chi connectivity index (χ1v) is 5.65. The maximum Gasteiger partial charge on any atom is 0.255 e. The minimum atomic E-state index is -0.607. The molecular weight excluding hydrogens is 276 g/mol. The second-order valence-electron chi connectivity index (χ2n) is 3.72. The number of nitrogens with zero attached hydrogens (tertiary/aromatic N) is 2. The van der Waals surface area contributed by atoms with Crippen molar-refractivity contribution in [2.24, 2.45) is 16.6 Å². The molecule has 0 heterocycles. The van der Waals surface area contributed by atoms with Crippen molar-refractivity contribution < 1.29 is 14.3 Å². The average molecular weight is 290 g/mol. The summed E-state index contributed by atoms with van der Waals surface area (Å²) in [5, 5.41) is 19.5. The van der Waals surface area contributed by atoms with Gasteiger partial charge in [-0.1, -0.05) is 0 Å². The predicted molar refractivity (Wildman–Crippen MR) is 76.3 cm³/mol. The van der Waals surface area contributed by atoms with Crippen LogP contribution in [0, 0.1) is 16.7 Å². The third kappa shape index (κ3) is 4.71. The minimum absolute atomic E-state index is 0.247. The van der Waals surface area contributed by atoms with E-state index in [1.165, 1.54) is 13.2 Å². The number of benzene rings is 1. The van der Waals surface area contributed by atoms with Crippen LogP contribution >= 0.6 is 0 Å². The van der Waals surface area contributed by atoms with Gasteiger partial charge in [-0.3, -0.25) is 15.6 Å². The lowest BCUT2D eigenvalue weighted by Gasteiger charge is -2.11. The molecule has 0 saturated carbocycles. The first-order valence-electron chi connectivity index (χ1n) is 5.65. The van der Waals surface area contributed by atoms with Crippen LogP contribution in [-0.4, -0.2) is 31.2 Å². The highest BCUT2D eigenvalue weighted by atomic mass is 16.5. The molecule has 21 heavy (non-hydrogen) atoms. The third-order valence-corrected chi connectivity index (χ3v) is 2.19. The van der Waals surface area contributed by atoms with Gasteiger partial charge in [0.15, 0.2) is 23.9 Å². The molecule has 9 heteroatoms. The first-order chi connectivity index (χ1) is 9.97. The van der Waals surface area contributed by atoms with Crippen molar-refractivity contribution in [1.82, 2.24) is 0 Å². The molecular formula is C12H14N6O3. The van der Waals surface area contributed by atoms with Crippen LogP contribution in [0.1, 0.15) is 0 Å². The second-order valence-corrected chi connectivity index (χ2v) is 3.72. The number of nitriles is 1. The highest BCUT2D eigenvalue weighted by molar-refractivity contribution is 6.45. The van der Waals surface area contributed by atoms with E-state index in [0.29, 0.717) is 17.2 Å². The maximum atomic E-state index is 10.7. The number of hydrogen-bond donors (Lipinski definition) is 4. The van der Waals surface area contributed by atoms with Gasteiger partial charge in [-0.2, -0.15) is 10.4 Å². The Morgan fingerprint density at radius 3 is 2.71 bits per heavy atom. The summed E-state index contributed by atoms with van der Waals surface area (Å²) in [5.41, 5.74) is 12.9. The molecule has 0 saturated heterocycles. The number of carbonyl (C=O) groups excluding carboxylic acids is 1. The molecule has 9 nitrogen and oxygen atoms in total. The van der Waals surface area contributed by atoms with Gasteiger partial charge in [0.2, 0.25) is 5.71 Å². The van der Waals surface area contributed by atoms with Crippen LogP contribution in [0.2, 0.25) is 0 Å². The van der Waals surface area contributed by atoms with Crippen molar-refractivity contribution in [3.05, 3.63) is 18.2 Å². The van der Waals surface area contributed by atoms with Gasteiger partial charge < -0.3 is 20.9 Å². The molecule has 110 valence electrons. The van der Waals surface area contributed by atoms with E-state index in [2.05, 4.69) is 10.5 Å². The Balaban J connectivity index is 2.90. The molecule has 6 N–H and O–H groups in total. The van der Waals surface area contributed by atoms with Crippen molar-refractivity contribution >= 4 is 23.1 Å².